The molecule has 0 amide bonds. The predicted octanol–water partition coefficient (Wildman–Crippen LogP) is 4.64. The lowest BCUT2D eigenvalue weighted by Crippen LogP contribution is -2.56. The maximum atomic E-state index is 6.53. The average molecular weight is 276 g/mol. The number of allylic oxidation sites excluding steroid dienone is 1. The fourth-order valence-electron chi connectivity index (χ4n) is 2.92. The highest BCUT2D eigenvalue weighted by atomic mass is 28.4. The number of hydrogen-bond acceptors (Lipinski definition) is 1. The highest BCUT2D eigenvalue weighted by Crippen LogP contribution is 2.33. The maximum absolute atomic E-state index is 6.53. The van der Waals surface area contributed by atoms with Crippen LogP contribution in [0.3, 0.4) is 0 Å². The Hall–Kier alpha value is -0.863. The van der Waals surface area contributed by atoms with Crippen molar-refractivity contribution in [2.75, 3.05) is 6.61 Å². The Labute approximate surface area is 119 Å². The molecule has 0 fully saturated rings. The maximum Gasteiger partial charge on any atom is 0.229 e. The van der Waals surface area contributed by atoms with Gasteiger partial charge in [-0.1, -0.05) is 64.1 Å². The zero-order valence-corrected chi connectivity index (χ0v) is 13.9. The Morgan fingerprint density at radius 1 is 1.11 bits per heavy atom. The van der Waals surface area contributed by atoms with E-state index in [-0.39, 0.29) is 0 Å². The van der Waals surface area contributed by atoms with E-state index in [0.717, 1.165) is 19.4 Å². The van der Waals surface area contributed by atoms with Crippen molar-refractivity contribution in [2.45, 2.75) is 51.6 Å². The number of rotatable bonds is 8. The highest BCUT2D eigenvalue weighted by Gasteiger charge is 2.43. The number of hydrogen-bond donors (Lipinski definition) is 0. The Morgan fingerprint density at radius 2 is 1.68 bits per heavy atom. The molecule has 106 valence electrons. The van der Waals surface area contributed by atoms with Gasteiger partial charge in [-0.3, -0.25) is 0 Å². The first kappa shape index (κ1) is 16.2. The second kappa shape index (κ2) is 7.66. The van der Waals surface area contributed by atoms with Crippen LogP contribution in [0.25, 0.3) is 0 Å². The normalized spacial score (nSPS) is 12.1. The Bertz CT molecular complexity index is 362. The molecule has 2 heteroatoms. The molecule has 0 saturated heterocycles. The molecule has 0 spiro atoms. The standard InChI is InChI=1S/C17H28OSi/c1-6-7-11-14-18-19(15(2)3,16(4)5)17-12-9-8-10-13-17/h6,8-10,12-13,15-16H,1,7,11,14H2,2-5H3. The van der Waals surface area contributed by atoms with E-state index in [2.05, 4.69) is 64.6 Å². The third-order valence-corrected chi connectivity index (χ3v) is 9.18. The average Bonchev–Trinajstić information content (AvgIpc) is 2.39. The van der Waals surface area contributed by atoms with Gasteiger partial charge in [-0.2, -0.15) is 0 Å². The lowest BCUT2D eigenvalue weighted by atomic mass is 10.3. The molecular formula is C17H28OSi. The summed E-state index contributed by atoms with van der Waals surface area (Å²) in [5.74, 6) is 0. The summed E-state index contributed by atoms with van der Waals surface area (Å²) in [5.41, 5.74) is 1.16. The summed E-state index contributed by atoms with van der Waals surface area (Å²) in [6.45, 7) is 13.9. The van der Waals surface area contributed by atoms with Gasteiger partial charge in [0.25, 0.3) is 0 Å². The molecule has 0 N–H and O–H groups in total. The van der Waals surface area contributed by atoms with Crippen molar-refractivity contribution >= 4 is 13.5 Å². The van der Waals surface area contributed by atoms with E-state index in [0.29, 0.717) is 11.1 Å². The molecule has 0 aliphatic heterocycles. The smallest absolute Gasteiger partial charge is 0.229 e. The largest absolute Gasteiger partial charge is 0.412 e. The molecule has 1 aromatic carbocycles. The van der Waals surface area contributed by atoms with Crippen LogP contribution in [0.5, 0.6) is 0 Å². The monoisotopic (exact) mass is 276 g/mol. The van der Waals surface area contributed by atoms with Crippen LogP contribution in [0.4, 0.5) is 0 Å². The fourth-order valence-corrected chi connectivity index (χ4v) is 7.61. The van der Waals surface area contributed by atoms with Crippen LogP contribution < -0.4 is 5.19 Å². The van der Waals surface area contributed by atoms with Gasteiger partial charge in [-0.15, -0.1) is 6.58 Å². The third-order valence-electron chi connectivity index (χ3n) is 3.83. The van der Waals surface area contributed by atoms with Crippen LogP contribution in [-0.4, -0.2) is 14.9 Å². The topological polar surface area (TPSA) is 9.23 Å². The van der Waals surface area contributed by atoms with Gasteiger partial charge in [0.1, 0.15) is 0 Å². The van der Waals surface area contributed by atoms with Gasteiger partial charge in [0.2, 0.25) is 8.32 Å². The first-order chi connectivity index (χ1) is 9.05. The van der Waals surface area contributed by atoms with Crippen LogP contribution in [0.1, 0.15) is 40.5 Å². The van der Waals surface area contributed by atoms with Gasteiger partial charge < -0.3 is 4.43 Å². The summed E-state index contributed by atoms with van der Waals surface area (Å²) in [7, 11) is -1.91. The van der Waals surface area contributed by atoms with Crippen molar-refractivity contribution in [3.63, 3.8) is 0 Å². The van der Waals surface area contributed by atoms with Crippen molar-refractivity contribution in [1.29, 1.82) is 0 Å². The molecule has 1 rings (SSSR count). The summed E-state index contributed by atoms with van der Waals surface area (Å²) in [5, 5.41) is 1.43. The van der Waals surface area contributed by atoms with E-state index in [4.69, 9.17) is 4.43 Å². The molecule has 19 heavy (non-hydrogen) atoms. The van der Waals surface area contributed by atoms with E-state index < -0.39 is 8.32 Å². The van der Waals surface area contributed by atoms with E-state index >= 15 is 0 Å². The summed E-state index contributed by atoms with van der Waals surface area (Å²) in [4.78, 5) is 0. The van der Waals surface area contributed by atoms with Crippen LogP contribution in [0, 0.1) is 0 Å². The minimum atomic E-state index is -1.91. The van der Waals surface area contributed by atoms with Gasteiger partial charge in [0, 0.05) is 6.61 Å². The van der Waals surface area contributed by atoms with Crippen LogP contribution in [0.15, 0.2) is 43.0 Å². The van der Waals surface area contributed by atoms with Gasteiger partial charge in [-0.25, -0.2) is 0 Å². The molecule has 0 heterocycles. The summed E-state index contributed by atoms with van der Waals surface area (Å²) in [6, 6.07) is 10.9. The zero-order chi connectivity index (χ0) is 14.3. The van der Waals surface area contributed by atoms with Gasteiger partial charge in [0.05, 0.1) is 0 Å². The lowest BCUT2D eigenvalue weighted by Gasteiger charge is -2.39. The molecule has 0 aliphatic carbocycles. The lowest BCUT2D eigenvalue weighted by molar-refractivity contribution is 0.290. The second-order valence-electron chi connectivity index (χ2n) is 5.75. The van der Waals surface area contributed by atoms with E-state index in [1.54, 1.807) is 0 Å². The molecule has 0 atom stereocenters. The zero-order valence-electron chi connectivity index (χ0n) is 12.9. The predicted molar refractivity (Wildman–Crippen MR) is 87.4 cm³/mol. The molecule has 1 nitrogen and oxygen atoms in total. The minimum Gasteiger partial charge on any atom is -0.412 e. The second-order valence-corrected chi connectivity index (χ2v) is 10.5. The summed E-state index contributed by atoms with van der Waals surface area (Å²) in [6.07, 6.45) is 4.08. The van der Waals surface area contributed by atoms with Gasteiger partial charge in [0.15, 0.2) is 0 Å². The molecule has 0 aliphatic rings. The van der Waals surface area contributed by atoms with Crippen LogP contribution in [-0.2, 0) is 4.43 Å². The Kier molecular flexibility index (Phi) is 6.53. The van der Waals surface area contributed by atoms with E-state index in [1.807, 2.05) is 6.08 Å². The van der Waals surface area contributed by atoms with Crippen molar-refractivity contribution in [1.82, 2.24) is 0 Å². The van der Waals surface area contributed by atoms with E-state index in [9.17, 15) is 0 Å². The molecule has 0 bridgehead atoms. The summed E-state index contributed by atoms with van der Waals surface area (Å²) < 4.78 is 6.53. The van der Waals surface area contributed by atoms with Crippen LogP contribution in [0.2, 0.25) is 11.1 Å². The SMILES string of the molecule is C=CCCCO[Si](c1ccccc1)(C(C)C)C(C)C. The minimum absolute atomic E-state index is 0.582. The van der Waals surface area contributed by atoms with E-state index in [1.165, 1.54) is 5.19 Å². The van der Waals surface area contributed by atoms with Crippen molar-refractivity contribution in [3.05, 3.63) is 43.0 Å². The molecular weight excluding hydrogens is 248 g/mol. The number of unbranched alkanes of at least 4 members (excludes halogenated alkanes) is 1. The molecule has 0 radical (unpaired) electrons. The van der Waals surface area contributed by atoms with Gasteiger partial charge >= 0.3 is 0 Å². The third kappa shape index (κ3) is 3.80. The van der Waals surface area contributed by atoms with Gasteiger partial charge in [-0.05, 0) is 29.1 Å². The van der Waals surface area contributed by atoms with Crippen molar-refractivity contribution < 1.29 is 4.43 Å². The van der Waals surface area contributed by atoms with Crippen LogP contribution >= 0.6 is 0 Å². The Balaban J connectivity index is 2.98. The Morgan fingerprint density at radius 3 is 2.16 bits per heavy atom. The quantitative estimate of drug-likeness (QED) is 0.382. The van der Waals surface area contributed by atoms with Crippen molar-refractivity contribution in [2.24, 2.45) is 0 Å². The first-order valence-electron chi connectivity index (χ1n) is 7.36. The summed E-state index contributed by atoms with van der Waals surface area (Å²) >= 11 is 0. The highest BCUT2D eigenvalue weighted by molar-refractivity contribution is 6.88. The molecule has 0 unspecified atom stereocenters. The number of benzene rings is 1. The first-order valence-corrected chi connectivity index (χ1v) is 9.42. The van der Waals surface area contributed by atoms with Crippen molar-refractivity contribution in [3.8, 4) is 0 Å². The molecule has 0 aromatic heterocycles. The molecule has 1 aromatic rings. The fraction of sp³-hybridized carbons (Fsp3) is 0.529. The molecule has 0 saturated carbocycles.